The summed E-state index contributed by atoms with van der Waals surface area (Å²) >= 11 is 0. The molecule has 0 aromatic heterocycles. The molecule has 0 unspecified atom stereocenters. The zero-order chi connectivity index (χ0) is 26.7. The fraction of sp³-hybridized carbons (Fsp3) is 0.364. The van der Waals surface area contributed by atoms with Crippen molar-refractivity contribution in [1.29, 1.82) is 0 Å². The Labute approximate surface area is 196 Å². The number of nitrogens with two attached hydrogens (primary N) is 1. The number of benzene rings is 2. The third-order valence-electron chi connectivity index (χ3n) is 5.74. The maximum absolute atomic E-state index is 14.3. The Balaban J connectivity index is 2.53. The SMILES string of the molecule is COc1c([C@H]([C@H](C)[C@@H](C)C(F)(F)F)[C@@H](O)C(=O)Nc2ccc(F)c(C(N)=NO)c2)ccc(F)c1F. The molecule has 35 heavy (non-hydrogen) atoms. The number of carbonyl (C=O) groups is 1. The lowest BCUT2D eigenvalue weighted by Gasteiger charge is -2.34. The number of rotatable bonds is 8. The molecule has 2 aromatic carbocycles. The minimum atomic E-state index is -4.74. The maximum atomic E-state index is 14.3. The molecule has 4 atom stereocenters. The zero-order valence-electron chi connectivity index (χ0n) is 18.7. The van der Waals surface area contributed by atoms with E-state index in [1.54, 1.807) is 0 Å². The molecule has 1 amide bonds. The van der Waals surface area contributed by atoms with Crippen molar-refractivity contribution in [3.63, 3.8) is 0 Å². The molecule has 0 fully saturated rings. The van der Waals surface area contributed by atoms with Crippen molar-refractivity contribution >= 4 is 17.4 Å². The van der Waals surface area contributed by atoms with E-state index in [1.807, 2.05) is 0 Å². The Hall–Kier alpha value is -3.48. The third-order valence-corrected chi connectivity index (χ3v) is 5.74. The van der Waals surface area contributed by atoms with Crippen LogP contribution in [0.2, 0.25) is 0 Å². The van der Waals surface area contributed by atoms with Crippen LogP contribution in [0.1, 0.15) is 30.9 Å². The van der Waals surface area contributed by atoms with Crippen LogP contribution < -0.4 is 15.8 Å². The number of halogens is 6. The topological polar surface area (TPSA) is 117 Å². The predicted molar refractivity (Wildman–Crippen MR) is 114 cm³/mol. The zero-order valence-corrected chi connectivity index (χ0v) is 18.7. The number of ether oxygens (including phenoxy) is 1. The molecule has 2 aromatic rings. The molecule has 13 heteroatoms. The fourth-order valence-corrected chi connectivity index (χ4v) is 3.60. The Morgan fingerprint density at radius 3 is 2.26 bits per heavy atom. The monoisotopic (exact) mass is 507 g/mol. The average molecular weight is 507 g/mol. The number of anilines is 1. The molecule has 0 aliphatic rings. The summed E-state index contributed by atoms with van der Waals surface area (Å²) in [5, 5.41) is 24.4. The Bertz CT molecular complexity index is 1110. The van der Waals surface area contributed by atoms with E-state index in [2.05, 4.69) is 10.5 Å². The number of amidine groups is 1. The Kier molecular flexibility index (Phi) is 8.60. The Morgan fingerprint density at radius 2 is 1.71 bits per heavy atom. The molecule has 0 heterocycles. The van der Waals surface area contributed by atoms with Gasteiger partial charge in [0.2, 0.25) is 5.82 Å². The third kappa shape index (κ3) is 5.96. The molecule has 0 radical (unpaired) electrons. The second kappa shape index (κ2) is 10.8. The van der Waals surface area contributed by atoms with Gasteiger partial charge in [-0.15, -0.1) is 0 Å². The highest BCUT2D eigenvalue weighted by atomic mass is 19.4. The lowest BCUT2D eigenvalue weighted by molar-refractivity contribution is -0.186. The summed E-state index contributed by atoms with van der Waals surface area (Å²) in [6, 6.07) is 4.44. The highest BCUT2D eigenvalue weighted by molar-refractivity contribution is 6.00. The number of nitrogens with zero attached hydrogens (tertiary/aromatic N) is 1. The number of amides is 1. The van der Waals surface area contributed by atoms with Crippen LogP contribution in [-0.2, 0) is 4.79 Å². The van der Waals surface area contributed by atoms with Crippen molar-refractivity contribution in [2.24, 2.45) is 22.7 Å². The molecular formula is C22H23F6N3O4. The summed E-state index contributed by atoms with van der Waals surface area (Å²) in [5.74, 6) is -11.7. The number of carbonyl (C=O) groups excluding carboxylic acids is 1. The van der Waals surface area contributed by atoms with Crippen molar-refractivity contribution in [3.8, 4) is 5.75 Å². The van der Waals surface area contributed by atoms with Crippen LogP contribution in [0.25, 0.3) is 0 Å². The fourth-order valence-electron chi connectivity index (χ4n) is 3.60. The van der Waals surface area contributed by atoms with Gasteiger partial charge in [0.1, 0.15) is 11.9 Å². The number of hydrogen-bond donors (Lipinski definition) is 4. The van der Waals surface area contributed by atoms with Crippen molar-refractivity contribution < 1.29 is 46.2 Å². The highest BCUT2D eigenvalue weighted by Gasteiger charge is 2.46. The molecule has 192 valence electrons. The van der Waals surface area contributed by atoms with Crippen LogP contribution in [0, 0.1) is 29.3 Å². The standard InChI is InChI=1S/C22H23F6N3O4/c1-9(10(2)22(26,27)28)16(12-5-7-15(24)17(25)19(12)35-3)18(32)21(33)30-11-4-6-14(23)13(8-11)20(29)31-34/h4-10,16,18,32,34H,1-3H3,(H2,29,31)(H,30,33)/t9-,10-,16+,18-/m1/s1. The van der Waals surface area contributed by atoms with E-state index in [0.29, 0.717) is 6.07 Å². The number of methoxy groups -OCH3 is 1. The van der Waals surface area contributed by atoms with Gasteiger partial charge in [-0.1, -0.05) is 25.1 Å². The van der Waals surface area contributed by atoms with E-state index < -0.39 is 70.5 Å². The number of hydrogen-bond acceptors (Lipinski definition) is 5. The molecule has 0 saturated heterocycles. The van der Waals surface area contributed by atoms with E-state index >= 15 is 0 Å². The van der Waals surface area contributed by atoms with Gasteiger partial charge < -0.3 is 26.1 Å². The van der Waals surface area contributed by atoms with E-state index in [-0.39, 0.29) is 11.3 Å². The second-order valence-corrected chi connectivity index (χ2v) is 7.81. The number of aliphatic hydroxyl groups excluding tert-OH is 1. The Morgan fingerprint density at radius 1 is 1.11 bits per heavy atom. The first-order chi connectivity index (χ1) is 16.2. The van der Waals surface area contributed by atoms with Crippen LogP contribution >= 0.6 is 0 Å². The van der Waals surface area contributed by atoms with Crippen LogP contribution in [0.5, 0.6) is 5.75 Å². The van der Waals surface area contributed by atoms with Gasteiger partial charge in [0, 0.05) is 17.2 Å². The molecule has 0 aliphatic heterocycles. The second-order valence-electron chi connectivity index (χ2n) is 7.81. The number of oxime groups is 1. The number of aliphatic hydroxyl groups is 1. The highest BCUT2D eigenvalue weighted by Crippen LogP contribution is 2.44. The van der Waals surface area contributed by atoms with E-state index in [9.17, 15) is 36.2 Å². The van der Waals surface area contributed by atoms with Gasteiger partial charge in [-0.25, -0.2) is 8.78 Å². The first kappa shape index (κ1) is 27.8. The molecule has 0 spiro atoms. The normalized spacial score (nSPS) is 15.8. The molecule has 0 saturated carbocycles. The van der Waals surface area contributed by atoms with Crippen LogP contribution in [0.15, 0.2) is 35.5 Å². The summed E-state index contributed by atoms with van der Waals surface area (Å²) in [4.78, 5) is 12.8. The molecule has 2 rings (SSSR count). The van der Waals surface area contributed by atoms with Crippen molar-refractivity contribution in [3.05, 3.63) is 58.9 Å². The molecular weight excluding hydrogens is 484 g/mol. The van der Waals surface area contributed by atoms with Crippen LogP contribution in [0.3, 0.4) is 0 Å². The van der Waals surface area contributed by atoms with Gasteiger partial charge in [0.25, 0.3) is 5.91 Å². The summed E-state index contributed by atoms with van der Waals surface area (Å²) in [6.07, 6.45) is -6.96. The summed E-state index contributed by atoms with van der Waals surface area (Å²) < 4.78 is 87.2. The summed E-state index contributed by atoms with van der Waals surface area (Å²) in [6.45, 7) is 1.91. The smallest absolute Gasteiger partial charge is 0.391 e. The molecule has 5 N–H and O–H groups in total. The van der Waals surface area contributed by atoms with Gasteiger partial charge >= 0.3 is 6.18 Å². The minimum absolute atomic E-state index is 0.149. The quantitative estimate of drug-likeness (QED) is 0.141. The first-order valence-corrected chi connectivity index (χ1v) is 10.1. The van der Waals surface area contributed by atoms with E-state index in [1.165, 1.54) is 0 Å². The lowest BCUT2D eigenvalue weighted by atomic mass is 9.75. The first-order valence-electron chi connectivity index (χ1n) is 10.1. The van der Waals surface area contributed by atoms with Crippen LogP contribution in [-0.4, -0.2) is 41.4 Å². The van der Waals surface area contributed by atoms with Crippen molar-refractivity contribution in [2.75, 3.05) is 12.4 Å². The number of nitrogens with one attached hydrogen (secondary N) is 1. The average Bonchev–Trinajstić information content (AvgIpc) is 2.80. The minimum Gasteiger partial charge on any atom is -0.493 e. The van der Waals surface area contributed by atoms with E-state index in [4.69, 9.17) is 15.7 Å². The van der Waals surface area contributed by atoms with Crippen molar-refractivity contribution in [1.82, 2.24) is 0 Å². The van der Waals surface area contributed by atoms with Gasteiger partial charge in [-0.3, -0.25) is 4.79 Å². The van der Waals surface area contributed by atoms with Gasteiger partial charge in [-0.05, 0) is 30.2 Å². The molecule has 0 bridgehead atoms. The molecule has 0 aliphatic carbocycles. The lowest BCUT2D eigenvalue weighted by Crippen LogP contribution is -2.40. The maximum Gasteiger partial charge on any atom is 0.391 e. The van der Waals surface area contributed by atoms with Crippen LogP contribution in [0.4, 0.5) is 32.0 Å². The summed E-state index contributed by atoms with van der Waals surface area (Å²) in [7, 11) is 0.954. The largest absolute Gasteiger partial charge is 0.493 e. The van der Waals surface area contributed by atoms with Gasteiger partial charge in [0.05, 0.1) is 18.6 Å². The number of alkyl halides is 3. The van der Waals surface area contributed by atoms with Gasteiger partial charge in [0.15, 0.2) is 17.4 Å². The van der Waals surface area contributed by atoms with Crippen molar-refractivity contribution in [2.45, 2.75) is 32.0 Å². The van der Waals surface area contributed by atoms with E-state index in [0.717, 1.165) is 45.2 Å². The van der Waals surface area contributed by atoms with Gasteiger partial charge in [-0.2, -0.15) is 17.6 Å². The summed E-state index contributed by atoms with van der Waals surface area (Å²) in [5.41, 5.74) is 4.44. The molecule has 7 nitrogen and oxygen atoms in total. The predicted octanol–water partition coefficient (Wildman–Crippen LogP) is 4.12.